The van der Waals surface area contributed by atoms with Gasteiger partial charge in [-0.15, -0.1) is 0 Å². The van der Waals surface area contributed by atoms with Gasteiger partial charge in [-0.3, -0.25) is 4.79 Å². The van der Waals surface area contributed by atoms with Gasteiger partial charge in [0.15, 0.2) is 0 Å². The molecule has 0 atom stereocenters. The summed E-state index contributed by atoms with van der Waals surface area (Å²) in [4.78, 5) is 10.1. The van der Waals surface area contributed by atoms with Crippen molar-refractivity contribution < 1.29 is 4.79 Å². The van der Waals surface area contributed by atoms with Crippen LogP contribution in [0, 0.1) is 6.92 Å². The second-order valence-corrected chi connectivity index (χ2v) is 3.13. The summed E-state index contributed by atoms with van der Waals surface area (Å²) in [7, 11) is 0. The van der Waals surface area contributed by atoms with Crippen LogP contribution in [0.4, 0.5) is 5.69 Å². The predicted octanol–water partition coefficient (Wildman–Crippen LogP) is 2.44. The number of carbonyl (C=O) groups is 1. The molecule has 0 aliphatic rings. The number of nitrogen functional groups attached to an aromatic ring is 1. The molecule has 13 heavy (non-hydrogen) atoms. The van der Waals surface area contributed by atoms with E-state index < -0.39 is 0 Å². The lowest BCUT2D eigenvalue weighted by molar-refractivity contribution is -0.104. The number of hydrogen-bond donors (Lipinski definition) is 1. The molecular weight excluding hydrogens is 186 g/mol. The first-order chi connectivity index (χ1) is 6.15. The number of halogens is 1. The largest absolute Gasteiger partial charge is 0.398 e. The fraction of sp³-hybridized carbons (Fsp3) is 0.100. The Morgan fingerprint density at radius 2 is 2.15 bits per heavy atom. The number of nitrogens with two attached hydrogens (primary N) is 1. The summed E-state index contributed by atoms with van der Waals surface area (Å²) in [5.41, 5.74) is 8.06. The van der Waals surface area contributed by atoms with Crippen molar-refractivity contribution in [1.82, 2.24) is 0 Å². The van der Waals surface area contributed by atoms with E-state index in [1.165, 1.54) is 6.08 Å². The minimum absolute atomic E-state index is 0.557. The molecule has 0 amide bonds. The average Bonchev–Trinajstić information content (AvgIpc) is 2.09. The summed E-state index contributed by atoms with van der Waals surface area (Å²) in [5, 5.41) is 0.557. The number of aryl methyl sites for hydroxylation is 1. The van der Waals surface area contributed by atoms with E-state index in [-0.39, 0.29) is 0 Å². The van der Waals surface area contributed by atoms with Crippen molar-refractivity contribution in [2.24, 2.45) is 0 Å². The van der Waals surface area contributed by atoms with E-state index in [0.717, 1.165) is 11.1 Å². The highest BCUT2D eigenvalue weighted by molar-refractivity contribution is 6.32. The Hall–Kier alpha value is -1.28. The van der Waals surface area contributed by atoms with Crippen molar-refractivity contribution in [1.29, 1.82) is 0 Å². The van der Waals surface area contributed by atoms with Crippen molar-refractivity contribution >= 4 is 29.7 Å². The topological polar surface area (TPSA) is 43.1 Å². The molecule has 0 spiro atoms. The Morgan fingerprint density at radius 3 is 2.77 bits per heavy atom. The normalized spacial score (nSPS) is 10.6. The number of benzene rings is 1. The zero-order chi connectivity index (χ0) is 9.84. The molecule has 0 saturated heterocycles. The van der Waals surface area contributed by atoms with Crippen LogP contribution in [-0.2, 0) is 4.79 Å². The molecule has 0 fully saturated rings. The van der Waals surface area contributed by atoms with Crippen LogP contribution in [0.1, 0.15) is 11.1 Å². The van der Waals surface area contributed by atoms with Gasteiger partial charge >= 0.3 is 0 Å². The van der Waals surface area contributed by atoms with Gasteiger partial charge in [0.25, 0.3) is 0 Å². The van der Waals surface area contributed by atoms with E-state index in [1.807, 2.05) is 13.0 Å². The number of rotatable bonds is 2. The van der Waals surface area contributed by atoms with Crippen LogP contribution in [0.25, 0.3) is 6.08 Å². The Balaban J connectivity index is 3.15. The van der Waals surface area contributed by atoms with Crippen molar-refractivity contribution in [2.75, 3.05) is 5.73 Å². The molecule has 0 aliphatic carbocycles. The number of allylic oxidation sites excluding steroid dienone is 1. The molecule has 3 heteroatoms. The minimum atomic E-state index is 0.557. The predicted molar refractivity (Wildman–Crippen MR) is 55.7 cm³/mol. The zero-order valence-corrected chi connectivity index (χ0v) is 8.01. The third-order valence-electron chi connectivity index (χ3n) is 1.74. The van der Waals surface area contributed by atoms with Crippen LogP contribution in [-0.4, -0.2) is 6.29 Å². The quantitative estimate of drug-likeness (QED) is 0.448. The summed E-state index contributed by atoms with van der Waals surface area (Å²) in [5.74, 6) is 0. The molecule has 0 bridgehead atoms. The molecule has 0 heterocycles. The van der Waals surface area contributed by atoms with Crippen molar-refractivity contribution in [3.05, 3.63) is 34.4 Å². The molecular formula is C10H10ClNO. The average molecular weight is 196 g/mol. The van der Waals surface area contributed by atoms with Gasteiger partial charge in [0.05, 0.1) is 0 Å². The van der Waals surface area contributed by atoms with Gasteiger partial charge < -0.3 is 5.73 Å². The maximum absolute atomic E-state index is 10.1. The highest BCUT2D eigenvalue weighted by Gasteiger charge is 2.00. The first-order valence-electron chi connectivity index (χ1n) is 3.82. The van der Waals surface area contributed by atoms with Gasteiger partial charge in [0.2, 0.25) is 0 Å². The molecule has 0 radical (unpaired) electrons. The Bertz CT molecular complexity index is 358. The third-order valence-corrected chi connectivity index (χ3v) is 2.07. The molecule has 1 aromatic rings. The van der Waals surface area contributed by atoms with Gasteiger partial charge in [-0.1, -0.05) is 17.7 Å². The van der Waals surface area contributed by atoms with E-state index in [4.69, 9.17) is 17.3 Å². The first kappa shape index (κ1) is 9.81. The Morgan fingerprint density at radius 1 is 1.46 bits per heavy atom. The molecule has 68 valence electrons. The SMILES string of the molecule is Cc1cc(C=CC=O)c(Cl)cc1N. The lowest BCUT2D eigenvalue weighted by atomic mass is 10.1. The second-order valence-electron chi connectivity index (χ2n) is 2.73. The van der Waals surface area contributed by atoms with Crippen LogP contribution in [0.3, 0.4) is 0 Å². The van der Waals surface area contributed by atoms with E-state index in [2.05, 4.69) is 0 Å². The van der Waals surface area contributed by atoms with Crippen LogP contribution in [0.15, 0.2) is 18.2 Å². The lowest BCUT2D eigenvalue weighted by Crippen LogP contribution is -1.90. The van der Waals surface area contributed by atoms with E-state index in [9.17, 15) is 4.79 Å². The molecule has 0 aliphatic heterocycles. The molecule has 1 rings (SSSR count). The summed E-state index contributed by atoms with van der Waals surface area (Å²) in [6.07, 6.45) is 3.76. The van der Waals surface area contributed by atoms with Gasteiger partial charge in [-0.2, -0.15) is 0 Å². The highest BCUT2D eigenvalue weighted by atomic mass is 35.5. The van der Waals surface area contributed by atoms with Gasteiger partial charge in [0, 0.05) is 10.7 Å². The van der Waals surface area contributed by atoms with Crippen molar-refractivity contribution in [2.45, 2.75) is 6.92 Å². The fourth-order valence-corrected chi connectivity index (χ4v) is 1.22. The minimum Gasteiger partial charge on any atom is -0.398 e. The molecule has 2 N–H and O–H groups in total. The summed E-state index contributed by atoms with van der Waals surface area (Å²) in [6.45, 7) is 1.89. The van der Waals surface area contributed by atoms with E-state index in [1.54, 1.807) is 12.1 Å². The standard InChI is InChI=1S/C10H10ClNO/c1-7-5-8(3-2-4-13)9(11)6-10(7)12/h2-6H,12H2,1H3. The van der Waals surface area contributed by atoms with Crippen LogP contribution in [0.5, 0.6) is 0 Å². The van der Waals surface area contributed by atoms with Crippen LogP contribution in [0.2, 0.25) is 5.02 Å². The number of carbonyl (C=O) groups excluding carboxylic acids is 1. The molecule has 2 nitrogen and oxygen atoms in total. The maximum Gasteiger partial charge on any atom is 0.142 e. The molecule has 0 unspecified atom stereocenters. The van der Waals surface area contributed by atoms with E-state index in [0.29, 0.717) is 17.0 Å². The molecule has 1 aromatic carbocycles. The van der Waals surface area contributed by atoms with Gasteiger partial charge in [0.1, 0.15) is 6.29 Å². The maximum atomic E-state index is 10.1. The van der Waals surface area contributed by atoms with Crippen molar-refractivity contribution in [3.63, 3.8) is 0 Å². The fourth-order valence-electron chi connectivity index (χ4n) is 0.990. The summed E-state index contributed by atoms with van der Waals surface area (Å²) < 4.78 is 0. The number of anilines is 1. The van der Waals surface area contributed by atoms with E-state index >= 15 is 0 Å². The van der Waals surface area contributed by atoms with Gasteiger partial charge in [-0.05, 0) is 36.3 Å². The third kappa shape index (κ3) is 2.33. The monoisotopic (exact) mass is 195 g/mol. The second kappa shape index (κ2) is 4.10. The summed E-state index contributed by atoms with van der Waals surface area (Å²) in [6, 6.07) is 3.53. The Labute approximate surface area is 82.0 Å². The van der Waals surface area contributed by atoms with Gasteiger partial charge in [-0.25, -0.2) is 0 Å². The lowest BCUT2D eigenvalue weighted by Gasteiger charge is -2.03. The Kier molecular flexibility index (Phi) is 3.09. The molecule has 0 aromatic heterocycles. The number of hydrogen-bond acceptors (Lipinski definition) is 2. The zero-order valence-electron chi connectivity index (χ0n) is 7.25. The molecule has 0 saturated carbocycles. The van der Waals surface area contributed by atoms with Crippen molar-refractivity contribution in [3.8, 4) is 0 Å². The first-order valence-corrected chi connectivity index (χ1v) is 4.20. The highest BCUT2D eigenvalue weighted by Crippen LogP contribution is 2.23. The van der Waals surface area contributed by atoms with Crippen LogP contribution < -0.4 is 5.73 Å². The van der Waals surface area contributed by atoms with Crippen LogP contribution >= 0.6 is 11.6 Å². The smallest absolute Gasteiger partial charge is 0.142 e. The summed E-state index contributed by atoms with van der Waals surface area (Å²) >= 11 is 5.89. The number of aldehydes is 1.